The average molecular weight is 293 g/mol. The minimum Gasteiger partial charge on any atom is -0.330 e. The maximum Gasteiger partial charge on any atom is 0.140 e. The summed E-state index contributed by atoms with van der Waals surface area (Å²) < 4.78 is 2.24. The zero-order valence-corrected chi connectivity index (χ0v) is 13.6. The van der Waals surface area contributed by atoms with E-state index in [4.69, 9.17) is 10.7 Å². The summed E-state index contributed by atoms with van der Waals surface area (Å²) in [5.41, 5.74) is 14.0. The Morgan fingerprint density at radius 1 is 1.14 bits per heavy atom. The number of aryl methyl sites for hydroxylation is 3. The summed E-state index contributed by atoms with van der Waals surface area (Å²) in [5.74, 6) is 0. The van der Waals surface area contributed by atoms with Crippen LogP contribution in [0.3, 0.4) is 0 Å². The van der Waals surface area contributed by atoms with Crippen molar-refractivity contribution in [1.29, 1.82) is 0 Å². The van der Waals surface area contributed by atoms with Crippen molar-refractivity contribution in [1.82, 2.24) is 9.38 Å². The second-order valence-electron chi connectivity index (χ2n) is 5.89. The molecule has 2 aromatic heterocycles. The highest BCUT2D eigenvalue weighted by Gasteiger charge is 2.14. The van der Waals surface area contributed by atoms with Crippen molar-refractivity contribution in [3.05, 3.63) is 58.9 Å². The molecule has 0 aliphatic carbocycles. The minimum absolute atomic E-state index is 0.688. The van der Waals surface area contributed by atoms with Crippen LogP contribution in [-0.2, 0) is 12.8 Å². The van der Waals surface area contributed by atoms with Crippen LogP contribution in [0.5, 0.6) is 0 Å². The minimum atomic E-state index is 0.688. The number of pyridine rings is 1. The predicted molar refractivity (Wildman–Crippen MR) is 92.2 cm³/mol. The third-order valence-electron chi connectivity index (χ3n) is 4.11. The van der Waals surface area contributed by atoms with Crippen LogP contribution >= 0.6 is 0 Å². The molecule has 0 unspecified atom stereocenters. The fraction of sp³-hybridized carbons (Fsp3) is 0.316. The lowest BCUT2D eigenvalue weighted by atomic mass is 10.0. The van der Waals surface area contributed by atoms with Gasteiger partial charge in [0.05, 0.1) is 11.4 Å². The van der Waals surface area contributed by atoms with E-state index in [1.165, 1.54) is 27.9 Å². The summed E-state index contributed by atoms with van der Waals surface area (Å²) in [6.45, 7) is 7.11. The van der Waals surface area contributed by atoms with Crippen molar-refractivity contribution < 1.29 is 0 Å². The molecule has 1 aromatic carbocycles. The Morgan fingerprint density at radius 2 is 1.86 bits per heavy atom. The van der Waals surface area contributed by atoms with E-state index in [1.807, 2.05) is 0 Å². The lowest BCUT2D eigenvalue weighted by molar-refractivity contribution is 0.969. The Morgan fingerprint density at radius 3 is 2.50 bits per heavy atom. The number of nitrogens with zero attached hydrogens (tertiary/aromatic N) is 2. The highest BCUT2D eigenvalue weighted by atomic mass is 15.0. The molecule has 0 amide bonds. The first-order valence-corrected chi connectivity index (χ1v) is 7.91. The molecular formula is C19H23N3. The summed E-state index contributed by atoms with van der Waals surface area (Å²) in [6, 6.07) is 10.9. The Kier molecular flexibility index (Phi) is 3.99. The van der Waals surface area contributed by atoms with Gasteiger partial charge in [-0.05, 0) is 49.9 Å². The first-order valence-electron chi connectivity index (χ1n) is 7.91. The molecule has 0 radical (unpaired) electrons. The monoisotopic (exact) mass is 293 g/mol. The van der Waals surface area contributed by atoms with Gasteiger partial charge in [-0.3, -0.25) is 4.40 Å². The molecule has 0 aliphatic heterocycles. The van der Waals surface area contributed by atoms with Gasteiger partial charge in [0.2, 0.25) is 0 Å². The summed E-state index contributed by atoms with van der Waals surface area (Å²) in [4.78, 5) is 4.85. The molecule has 0 fully saturated rings. The maximum absolute atomic E-state index is 5.63. The maximum atomic E-state index is 5.63. The lowest BCUT2D eigenvalue weighted by Gasteiger charge is -2.08. The topological polar surface area (TPSA) is 43.3 Å². The van der Waals surface area contributed by atoms with Gasteiger partial charge in [-0.1, -0.05) is 37.3 Å². The van der Waals surface area contributed by atoms with Gasteiger partial charge >= 0.3 is 0 Å². The first kappa shape index (κ1) is 14.8. The van der Waals surface area contributed by atoms with E-state index in [-0.39, 0.29) is 0 Å². The molecule has 0 atom stereocenters. The SMILES string of the molecule is CCc1nc2c(C)cc(C)cn2c1-c1ccc(CCN)cc1. The fourth-order valence-corrected chi connectivity index (χ4v) is 3.08. The Bertz CT molecular complexity index is 798. The normalized spacial score (nSPS) is 11.3. The molecule has 0 saturated carbocycles. The van der Waals surface area contributed by atoms with E-state index < -0.39 is 0 Å². The first-order chi connectivity index (χ1) is 10.6. The van der Waals surface area contributed by atoms with E-state index in [1.54, 1.807) is 0 Å². The molecule has 3 heteroatoms. The third kappa shape index (κ3) is 2.53. The van der Waals surface area contributed by atoms with Crippen molar-refractivity contribution in [3.63, 3.8) is 0 Å². The molecule has 22 heavy (non-hydrogen) atoms. The number of rotatable bonds is 4. The van der Waals surface area contributed by atoms with Gasteiger partial charge in [-0.2, -0.15) is 0 Å². The van der Waals surface area contributed by atoms with Crippen LogP contribution in [0, 0.1) is 13.8 Å². The molecule has 0 bridgehead atoms. The Balaban J connectivity index is 2.20. The zero-order valence-electron chi connectivity index (χ0n) is 13.6. The van der Waals surface area contributed by atoms with Gasteiger partial charge < -0.3 is 5.73 Å². The lowest BCUT2D eigenvalue weighted by Crippen LogP contribution is -2.02. The van der Waals surface area contributed by atoms with Gasteiger partial charge in [-0.25, -0.2) is 4.98 Å². The van der Waals surface area contributed by atoms with Gasteiger partial charge in [0, 0.05) is 11.8 Å². The molecule has 0 saturated heterocycles. The van der Waals surface area contributed by atoms with Crippen LogP contribution in [0.15, 0.2) is 36.5 Å². The second kappa shape index (κ2) is 5.93. The van der Waals surface area contributed by atoms with Gasteiger partial charge in [0.15, 0.2) is 0 Å². The van der Waals surface area contributed by atoms with Gasteiger partial charge in [-0.15, -0.1) is 0 Å². The smallest absolute Gasteiger partial charge is 0.140 e. The number of benzene rings is 1. The number of hydrogen-bond donors (Lipinski definition) is 1. The largest absolute Gasteiger partial charge is 0.330 e. The summed E-state index contributed by atoms with van der Waals surface area (Å²) in [7, 11) is 0. The molecule has 0 aliphatic rings. The number of nitrogens with two attached hydrogens (primary N) is 1. The zero-order chi connectivity index (χ0) is 15.7. The van der Waals surface area contributed by atoms with E-state index in [2.05, 4.69) is 61.7 Å². The Hall–Kier alpha value is -2.13. The average Bonchev–Trinajstić information content (AvgIpc) is 2.87. The second-order valence-corrected chi connectivity index (χ2v) is 5.89. The van der Waals surface area contributed by atoms with E-state index in [0.29, 0.717) is 6.54 Å². The Labute approximate surface area is 131 Å². The van der Waals surface area contributed by atoms with Crippen LogP contribution in [0.1, 0.15) is 29.3 Å². The van der Waals surface area contributed by atoms with Crippen molar-refractivity contribution >= 4 is 5.65 Å². The van der Waals surface area contributed by atoms with Crippen molar-refractivity contribution in [2.45, 2.75) is 33.6 Å². The number of fused-ring (bicyclic) bond motifs is 1. The molecule has 2 heterocycles. The molecule has 2 N–H and O–H groups in total. The third-order valence-corrected chi connectivity index (χ3v) is 4.11. The van der Waals surface area contributed by atoms with Crippen LogP contribution in [0.25, 0.3) is 16.9 Å². The fourth-order valence-electron chi connectivity index (χ4n) is 3.08. The molecule has 3 rings (SSSR count). The molecule has 114 valence electrons. The van der Waals surface area contributed by atoms with Crippen LogP contribution in [0.4, 0.5) is 0 Å². The van der Waals surface area contributed by atoms with E-state index in [9.17, 15) is 0 Å². The number of imidazole rings is 1. The van der Waals surface area contributed by atoms with Crippen molar-refractivity contribution in [3.8, 4) is 11.3 Å². The van der Waals surface area contributed by atoms with Crippen molar-refractivity contribution in [2.24, 2.45) is 5.73 Å². The molecule has 3 nitrogen and oxygen atoms in total. The highest BCUT2D eigenvalue weighted by Crippen LogP contribution is 2.28. The van der Waals surface area contributed by atoms with Crippen LogP contribution in [-0.4, -0.2) is 15.9 Å². The predicted octanol–water partition coefficient (Wildman–Crippen LogP) is 3.68. The molecule has 3 aromatic rings. The summed E-state index contributed by atoms with van der Waals surface area (Å²) in [5, 5.41) is 0. The molecule has 0 spiro atoms. The highest BCUT2D eigenvalue weighted by molar-refractivity contribution is 5.69. The van der Waals surface area contributed by atoms with Gasteiger partial charge in [0.25, 0.3) is 0 Å². The summed E-state index contributed by atoms with van der Waals surface area (Å²) in [6.07, 6.45) is 4.03. The summed E-state index contributed by atoms with van der Waals surface area (Å²) >= 11 is 0. The van der Waals surface area contributed by atoms with E-state index >= 15 is 0 Å². The van der Waals surface area contributed by atoms with E-state index in [0.717, 1.165) is 24.2 Å². The molecular weight excluding hydrogens is 270 g/mol. The van der Waals surface area contributed by atoms with Crippen LogP contribution in [0.2, 0.25) is 0 Å². The van der Waals surface area contributed by atoms with Crippen LogP contribution < -0.4 is 5.73 Å². The van der Waals surface area contributed by atoms with Gasteiger partial charge in [0.1, 0.15) is 5.65 Å². The number of hydrogen-bond acceptors (Lipinski definition) is 2. The quantitative estimate of drug-likeness (QED) is 0.797. The number of aromatic nitrogens is 2. The van der Waals surface area contributed by atoms with Crippen molar-refractivity contribution in [2.75, 3.05) is 6.54 Å². The standard InChI is InChI=1S/C19H23N3/c1-4-17-18(16-7-5-15(6-8-16)9-10-20)22-12-13(2)11-14(3)19(22)21-17/h5-8,11-12H,4,9-10,20H2,1-3H3.